The molecule has 2 fully saturated rings. The maximum absolute atomic E-state index is 13.4. The third-order valence-electron chi connectivity index (χ3n) is 6.59. The van der Waals surface area contributed by atoms with Crippen LogP contribution in [-0.4, -0.2) is 52.9 Å². The lowest BCUT2D eigenvalue weighted by Crippen LogP contribution is -2.52. The number of carbonyl (C=O) groups excluding carboxylic acids is 3. The lowest BCUT2D eigenvalue weighted by Gasteiger charge is -2.30. The summed E-state index contributed by atoms with van der Waals surface area (Å²) in [6.45, 7) is 0.516. The molecule has 0 radical (unpaired) electrons. The largest absolute Gasteiger partial charge is 0.445 e. The number of hydrogen-bond acceptors (Lipinski definition) is 4. The van der Waals surface area contributed by atoms with Gasteiger partial charge < -0.3 is 15.0 Å². The van der Waals surface area contributed by atoms with E-state index in [0.717, 1.165) is 11.6 Å². The highest BCUT2D eigenvalue weighted by atomic mass is 19.4. The monoisotopic (exact) mass is 503 g/mol. The Hall–Kier alpha value is -3.56. The van der Waals surface area contributed by atoms with Crippen molar-refractivity contribution in [3.05, 3.63) is 71.3 Å². The molecule has 10 heteroatoms. The van der Waals surface area contributed by atoms with Crippen LogP contribution in [0.1, 0.15) is 42.4 Å². The normalized spacial score (nSPS) is 19.9. The number of benzene rings is 2. The quantitative estimate of drug-likeness (QED) is 0.644. The number of hydrogen-bond donors (Lipinski definition) is 1. The van der Waals surface area contributed by atoms with Gasteiger partial charge in [-0.15, -0.1) is 0 Å². The van der Waals surface area contributed by atoms with Gasteiger partial charge in [-0.05, 0) is 42.9 Å². The van der Waals surface area contributed by atoms with Crippen molar-refractivity contribution in [1.82, 2.24) is 15.1 Å². The van der Waals surface area contributed by atoms with E-state index in [1.54, 1.807) is 0 Å². The molecule has 2 aromatic rings. The molecule has 1 N–H and O–H groups in total. The third-order valence-corrected chi connectivity index (χ3v) is 6.59. The molecule has 4 rings (SSSR count). The average Bonchev–Trinajstić information content (AvgIpc) is 3.56. The molecule has 0 bridgehead atoms. The Labute approximate surface area is 207 Å². The fraction of sp³-hybridized carbons (Fsp3) is 0.423. The van der Waals surface area contributed by atoms with Crippen LogP contribution in [0.2, 0.25) is 0 Å². The van der Waals surface area contributed by atoms with Gasteiger partial charge in [-0.25, -0.2) is 4.79 Å². The number of alkyl halides is 3. The van der Waals surface area contributed by atoms with Crippen molar-refractivity contribution in [3.8, 4) is 0 Å². The first-order valence-corrected chi connectivity index (χ1v) is 12.0. The lowest BCUT2D eigenvalue weighted by molar-refractivity contribution is -0.141. The number of ether oxygens (including phenoxy) is 1. The zero-order valence-corrected chi connectivity index (χ0v) is 19.7. The van der Waals surface area contributed by atoms with Crippen LogP contribution in [0.25, 0.3) is 0 Å². The molecular weight excluding hydrogens is 475 g/mol. The minimum Gasteiger partial charge on any atom is -0.445 e. The molecule has 0 unspecified atom stereocenters. The van der Waals surface area contributed by atoms with Gasteiger partial charge in [-0.2, -0.15) is 13.2 Å². The van der Waals surface area contributed by atoms with E-state index in [1.807, 2.05) is 30.3 Å². The first kappa shape index (κ1) is 25.5. The molecule has 7 nitrogen and oxygen atoms in total. The fourth-order valence-corrected chi connectivity index (χ4v) is 4.79. The highest BCUT2D eigenvalue weighted by molar-refractivity contribution is 5.92. The first-order chi connectivity index (χ1) is 17.3. The number of carbonyl (C=O) groups is 3. The molecule has 2 aromatic carbocycles. The van der Waals surface area contributed by atoms with Crippen molar-refractivity contribution in [2.75, 3.05) is 13.1 Å². The average molecular weight is 504 g/mol. The van der Waals surface area contributed by atoms with E-state index in [2.05, 4.69) is 5.32 Å². The summed E-state index contributed by atoms with van der Waals surface area (Å²) >= 11 is 0. The topological polar surface area (TPSA) is 79.0 Å². The van der Waals surface area contributed by atoms with E-state index in [-0.39, 0.29) is 24.6 Å². The molecule has 192 valence electrons. The van der Waals surface area contributed by atoms with E-state index < -0.39 is 35.8 Å². The smallest absolute Gasteiger partial charge is 0.416 e. The number of halogens is 3. The zero-order chi connectivity index (χ0) is 25.7. The maximum Gasteiger partial charge on any atom is 0.416 e. The number of nitrogens with one attached hydrogen (secondary N) is 1. The predicted octanol–water partition coefficient (Wildman–Crippen LogP) is 4.11. The second-order valence-corrected chi connectivity index (χ2v) is 8.95. The van der Waals surface area contributed by atoms with Crippen molar-refractivity contribution in [2.24, 2.45) is 0 Å². The molecule has 3 amide bonds. The minimum absolute atomic E-state index is 0.0441. The fourth-order valence-electron chi connectivity index (χ4n) is 4.79. The molecule has 36 heavy (non-hydrogen) atoms. The summed E-state index contributed by atoms with van der Waals surface area (Å²) in [6.07, 6.45) is -3.02. The molecule has 2 atom stereocenters. The Kier molecular flexibility index (Phi) is 7.81. The van der Waals surface area contributed by atoms with Gasteiger partial charge >= 0.3 is 12.3 Å². The van der Waals surface area contributed by atoms with Gasteiger partial charge in [0.2, 0.25) is 11.8 Å². The van der Waals surface area contributed by atoms with Gasteiger partial charge in [0.25, 0.3) is 0 Å². The standard InChI is InChI=1S/C26H28F3N3O4/c27-26(28,29)20-11-5-4-10-19(20)16-30-23(33)21-12-6-14-31(21)24(34)22-13-7-15-32(22)25(35)36-17-18-8-2-1-3-9-18/h1-5,8-11,21-22H,6-7,12-17H2,(H,30,33)/t21-,22-/m0/s1. The summed E-state index contributed by atoms with van der Waals surface area (Å²) in [7, 11) is 0. The van der Waals surface area contributed by atoms with Crippen molar-refractivity contribution in [3.63, 3.8) is 0 Å². The second kappa shape index (κ2) is 11.0. The van der Waals surface area contributed by atoms with Crippen molar-refractivity contribution in [2.45, 2.75) is 57.1 Å². The van der Waals surface area contributed by atoms with Crippen LogP contribution < -0.4 is 5.32 Å². The molecule has 0 spiro atoms. The van der Waals surface area contributed by atoms with E-state index in [1.165, 1.54) is 28.0 Å². The Bertz CT molecular complexity index is 1090. The van der Waals surface area contributed by atoms with Gasteiger partial charge in [0, 0.05) is 19.6 Å². The first-order valence-electron chi connectivity index (χ1n) is 12.0. The molecule has 2 aliphatic rings. The SMILES string of the molecule is O=C(NCc1ccccc1C(F)(F)F)[C@@H]1CCCN1C(=O)[C@@H]1CCCN1C(=O)OCc1ccccc1. The zero-order valence-electron chi connectivity index (χ0n) is 19.7. The molecular formula is C26H28F3N3O4. The third kappa shape index (κ3) is 5.80. The Morgan fingerprint density at radius 3 is 2.25 bits per heavy atom. The molecule has 2 saturated heterocycles. The highest BCUT2D eigenvalue weighted by Crippen LogP contribution is 2.32. The minimum atomic E-state index is -4.53. The van der Waals surface area contributed by atoms with E-state index in [4.69, 9.17) is 4.74 Å². The summed E-state index contributed by atoms with van der Waals surface area (Å²) in [6, 6.07) is 12.7. The summed E-state index contributed by atoms with van der Waals surface area (Å²) in [4.78, 5) is 41.8. The summed E-state index contributed by atoms with van der Waals surface area (Å²) in [5, 5.41) is 2.56. The van der Waals surface area contributed by atoms with Gasteiger partial charge in [0.1, 0.15) is 18.7 Å². The van der Waals surface area contributed by atoms with Crippen LogP contribution in [0, 0.1) is 0 Å². The van der Waals surface area contributed by atoms with Crippen LogP contribution in [0.4, 0.5) is 18.0 Å². The summed E-state index contributed by atoms with van der Waals surface area (Å²) < 4.78 is 45.2. The number of likely N-dealkylation sites (tertiary alicyclic amines) is 2. The number of rotatable bonds is 6. The Morgan fingerprint density at radius 2 is 1.53 bits per heavy atom. The molecule has 0 aromatic heterocycles. The Balaban J connectivity index is 1.37. The summed E-state index contributed by atoms with van der Waals surface area (Å²) in [5.41, 5.74) is -0.0195. The van der Waals surface area contributed by atoms with E-state index in [9.17, 15) is 27.6 Å². The summed E-state index contributed by atoms with van der Waals surface area (Å²) in [5.74, 6) is -0.841. The second-order valence-electron chi connectivity index (χ2n) is 8.95. The molecule has 2 heterocycles. The lowest BCUT2D eigenvalue weighted by atomic mass is 10.1. The van der Waals surface area contributed by atoms with Crippen molar-refractivity contribution >= 4 is 17.9 Å². The van der Waals surface area contributed by atoms with Crippen LogP contribution >= 0.6 is 0 Å². The van der Waals surface area contributed by atoms with Crippen LogP contribution in [0.5, 0.6) is 0 Å². The van der Waals surface area contributed by atoms with E-state index >= 15 is 0 Å². The van der Waals surface area contributed by atoms with Gasteiger partial charge in [-0.1, -0.05) is 48.5 Å². The Morgan fingerprint density at radius 1 is 0.889 bits per heavy atom. The predicted molar refractivity (Wildman–Crippen MR) is 124 cm³/mol. The van der Waals surface area contributed by atoms with Gasteiger partial charge in [0.15, 0.2) is 0 Å². The highest BCUT2D eigenvalue weighted by Gasteiger charge is 2.42. The van der Waals surface area contributed by atoms with Crippen LogP contribution in [0.15, 0.2) is 54.6 Å². The number of nitrogens with zero attached hydrogens (tertiary/aromatic N) is 2. The van der Waals surface area contributed by atoms with Gasteiger partial charge in [0.05, 0.1) is 5.56 Å². The van der Waals surface area contributed by atoms with E-state index in [0.29, 0.717) is 38.8 Å². The van der Waals surface area contributed by atoms with Gasteiger partial charge in [-0.3, -0.25) is 14.5 Å². The van der Waals surface area contributed by atoms with Crippen molar-refractivity contribution in [1.29, 1.82) is 0 Å². The molecule has 0 aliphatic carbocycles. The molecule has 0 saturated carbocycles. The number of amides is 3. The van der Waals surface area contributed by atoms with Crippen LogP contribution in [-0.2, 0) is 33.7 Å². The molecule has 2 aliphatic heterocycles. The van der Waals surface area contributed by atoms with Crippen molar-refractivity contribution < 1.29 is 32.3 Å². The maximum atomic E-state index is 13.4. The van der Waals surface area contributed by atoms with Crippen LogP contribution in [0.3, 0.4) is 0 Å².